The van der Waals surface area contributed by atoms with Gasteiger partial charge in [0.1, 0.15) is 17.5 Å². The SMILES string of the molecule is O=S(=O)(c1ccc(F)c(Cl)c1)N1CCN(c2nc(-c3cc(F)cc(F)c3)cs2)CC1. The summed E-state index contributed by atoms with van der Waals surface area (Å²) in [4.78, 5) is 6.28. The predicted octanol–water partition coefficient (Wildman–Crippen LogP) is 4.39. The van der Waals surface area contributed by atoms with Gasteiger partial charge in [0.15, 0.2) is 5.13 Å². The first-order valence-corrected chi connectivity index (χ1v) is 11.6. The number of hydrogen-bond donors (Lipinski definition) is 0. The van der Waals surface area contributed by atoms with Gasteiger partial charge >= 0.3 is 0 Å². The van der Waals surface area contributed by atoms with Crippen LogP contribution in [0.25, 0.3) is 11.3 Å². The maximum absolute atomic E-state index is 13.5. The average molecular weight is 474 g/mol. The van der Waals surface area contributed by atoms with Crippen LogP contribution in [0.3, 0.4) is 0 Å². The molecule has 4 rings (SSSR count). The molecule has 5 nitrogen and oxygen atoms in total. The van der Waals surface area contributed by atoms with Crippen LogP contribution in [0.1, 0.15) is 0 Å². The van der Waals surface area contributed by atoms with Crippen molar-refractivity contribution in [3.63, 3.8) is 0 Å². The van der Waals surface area contributed by atoms with Crippen molar-refractivity contribution < 1.29 is 21.6 Å². The molecule has 1 saturated heterocycles. The molecule has 1 aliphatic rings. The molecular formula is C19H15ClF3N3O2S2. The minimum Gasteiger partial charge on any atom is -0.345 e. The molecule has 3 aromatic rings. The van der Waals surface area contributed by atoms with Crippen molar-refractivity contribution in [1.82, 2.24) is 9.29 Å². The van der Waals surface area contributed by atoms with E-state index in [1.165, 1.54) is 33.8 Å². The fourth-order valence-electron chi connectivity index (χ4n) is 3.15. The summed E-state index contributed by atoms with van der Waals surface area (Å²) in [5, 5.41) is 2.09. The van der Waals surface area contributed by atoms with Crippen molar-refractivity contribution >= 4 is 38.1 Å². The minimum atomic E-state index is -3.80. The molecule has 1 fully saturated rings. The van der Waals surface area contributed by atoms with E-state index in [1.807, 2.05) is 4.90 Å². The Morgan fingerprint density at radius 1 is 0.967 bits per heavy atom. The molecule has 2 heterocycles. The van der Waals surface area contributed by atoms with E-state index in [0.29, 0.717) is 29.5 Å². The van der Waals surface area contributed by atoms with E-state index in [0.717, 1.165) is 18.2 Å². The van der Waals surface area contributed by atoms with Gasteiger partial charge in [0, 0.05) is 43.2 Å². The molecule has 1 aromatic heterocycles. The molecule has 0 spiro atoms. The van der Waals surface area contributed by atoms with E-state index in [1.54, 1.807) is 5.38 Å². The second kappa shape index (κ2) is 8.18. The van der Waals surface area contributed by atoms with Gasteiger partial charge in [-0.2, -0.15) is 4.31 Å². The second-order valence-electron chi connectivity index (χ2n) is 6.64. The highest BCUT2D eigenvalue weighted by Crippen LogP contribution is 2.30. The molecule has 0 aliphatic carbocycles. The smallest absolute Gasteiger partial charge is 0.243 e. The number of rotatable bonds is 4. The Morgan fingerprint density at radius 2 is 1.63 bits per heavy atom. The number of nitrogens with zero attached hydrogens (tertiary/aromatic N) is 3. The summed E-state index contributed by atoms with van der Waals surface area (Å²) in [7, 11) is -3.80. The number of piperazine rings is 1. The van der Waals surface area contributed by atoms with Crippen molar-refractivity contribution in [3.05, 3.63) is 64.3 Å². The highest BCUT2D eigenvalue weighted by Gasteiger charge is 2.30. The monoisotopic (exact) mass is 473 g/mol. The topological polar surface area (TPSA) is 53.5 Å². The van der Waals surface area contributed by atoms with Gasteiger partial charge in [-0.1, -0.05) is 11.6 Å². The number of anilines is 1. The van der Waals surface area contributed by atoms with Crippen molar-refractivity contribution in [2.45, 2.75) is 4.90 Å². The number of benzene rings is 2. The second-order valence-corrected chi connectivity index (χ2v) is 9.82. The summed E-state index contributed by atoms with van der Waals surface area (Å²) in [5.74, 6) is -2.04. The maximum Gasteiger partial charge on any atom is 0.243 e. The molecular weight excluding hydrogens is 459 g/mol. The van der Waals surface area contributed by atoms with Gasteiger partial charge < -0.3 is 4.90 Å². The largest absolute Gasteiger partial charge is 0.345 e. The highest BCUT2D eigenvalue weighted by atomic mass is 35.5. The van der Waals surface area contributed by atoms with Gasteiger partial charge in [0.25, 0.3) is 0 Å². The van der Waals surface area contributed by atoms with Crippen molar-refractivity contribution in [2.24, 2.45) is 0 Å². The lowest BCUT2D eigenvalue weighted by atomic mass is 10.1. The molecule has 0 bridgehead atoms. The first-order chi connectivity index (χ1) is 14.2. The Hall–Kier alpha value is -2.14. The number of aromatic nitrogens is 1. The van der Waals surface area contributed by atoms with Crippen LogP contribution >= 0.6 is 22.9 Å². The number of hydrogen-bond acceptors (Lipinski definition) is 5. The zero-order valence-electron chi connectivity index (χ0n) is 15.4. The van der Waals surface area contributed by atoms with Crippen molar-refractivity contribution in [3.8, 4) is 11.3 Å². The third kappa shape index (κ3) is 4.18. The Kier molecular flexibility index (Phi) is 5.75. The van der Waals surface area contributed by atoms with Gasteiger partial charge in [-0.3, -0.25) is 0 Å². The van der Waals surface area contributed by atoms with Crippen molar-refractivity contribution in [2.75, 3.05) is 31.1 Å². The van der Waals surface area contributed by atoms with Gasteiger partial charge in [-0.05, 0) is 30.3 Å². The lowest BCUT2D eigenvalue weighted by Crippen LogP contribution is -2.48. The molecule has 0 atom stereocenters. The third-order valence-electron chi connectivity index (χ3n) is 4.69. The zero-order valence-corrected chi connectivity index (χ0v) is 17.7. The van der Waals surface area contributed by atoms with E-state index < -0.39 is 27.5 Å². The van der Waals surface area contributed by atoms with E-state index in [-0.39, 0.29) is 23.0 Å². The van der Waals surface area contributed by atoms with Gasteiger partial charge in [0.05, 0.1) is 15.6 Å². The van der Waals surface area contributed by atoms with Gasteiger partial charge in [-0.25, -0.2) is 26.6 Å². The summed E-state index contributed by atoms with van der Waals surface area (Å²) in [6.07, 6.45) is 0. The summed E-state index contributed by atoms with van der Waals surface area (Å²) < 4.78 is 67.1. The Bertz CT molecular complexity index is 1180. The lowest BCUT2D eigenvalue weighted by molar-refractivity contribution is 0.384. The molecule has 2 aromatic carbocycles. The van der Waals surface area contributed by atoms with Crippen LogP contribution in [0.15, 0.2) is 46.7 Å². The molecule has 0 radical (unpaired) electrons. The Morgan fingerprint density at radius 3 is 2.27 bits per heavy atom. The summed E-state index contributed by atoms with van der Waals surface area (Å²) >= 11 is 7.03. The molecule has 30 heavy (non-hydrogen) atoms. The summed E-state index contributed by atoms with van der Waals surface area (Å²) in [6, 6.07) is 6.53. The predicted molar refractivity (Wildman–Crippen MR) is 110 cm³/mol. The van der Waals surface area contributed by atoms with Crippen LogP contribution < -0.4 is 4.90 Å². The van der Waals surface area contributed by atoms with E-state index >= 15 is 0 Å². The van der Waals surface area contributed by atoms with E-state index in [2.05, 4.69) is 4.98 Å². The number of halogens is 4. The molecule has 0 N–H and O–H groups in total. The Balaban J connectivity index is 1.47. The molecule has 158 valence electrons. The van der Waals surface area contributed by atoms with Crippen LogP contribution in [0.5, 0.6) is 0 Å². The van der Waals surface area contributed by atoms with E-state index in [9.17, 15) is 21.6 Å². The summed E-state index contributed by atoms with van der Waals surface area (Å²) in [5.41, 5.74) is 0.786. The number of sulfonamides is 1. The fourth-order valence-corrected chi connectivity index (χ4v) is 5.73. The molecule has 0 amide bonds. The van der Waals surface area contributed by atoms with Crippen LogP contribution in [0, 0.1) is 17.5 Å². The quantitative estimate of drug-likeness (QED) is 0.564. The van der Waals surface area contributed by atoms with Crippen LogP contribution in [0.4, 0.5) is 18.3 Å². The zero-order chi connectivity index (χ0) is 21.5. The summed E-state index contributed by atoms with van der Waals surface area (Å²) in [6.45, 7) is 1.19. The van der Waals surface area contributed by atoms with Crippen LogP contribution in [-0.2, 0) is 10.0 Å². The van der Waals surface area contributed by atoms with Gasteiger partial charge in [-0.15, -0.1) is 11.3 Å². The molecule has 0 unspecified atom stereocenters. The minimum absolute atomic E-state index is 0.0629. The number of thiazole rings is 1. The van der Waals surface area contributed by atoms with Crippen molar-refractivity contribution in [1.29, 1.82) is 0 Å². The maximum atomic E-state index is 13.5. The first-order valence-electron chi connectivity index (χ1n) is 8.86. The van der Waals surface area contributed by atoms with Gasteiger partial charge in [0.2, 0.25) is 10.0 Å². The lowest BCUT2D eigenvalue weighted by Gasteiger charge is -2.33. The standard InChI is InChI=1S/C19H15ClF3N3O2S2/c20-16-10-15(1-2-17(16)23)30(27,28)26-5-3-25(4-6-26)19-24-18(11-29-19)12-7-13(21)9-14(22)8-12/h1-2,7-11H,3-6H2. The molecule has 0 saturated carbocycles. The molecule has 11 heteroatoms. The van der Waals surface area contributed by atoms with Crippen LogP contribution in [0.2, 0.25) is 5.02 Å². The first kappa shape index (κ1) is 21.1. The molecule has 1 aliphatic heterocycles. The fraction of sp³-hybridized carbons (Fsp3) is 0.211. The third-order valence-corrected chi connectivity index (χ3v) is 7.77. The average Bonchev–Trinajstić information content (AvgIpc) is 3.20. The highest BCUT2D eigenvalue weighted by molar-refractivity contribution is 7.89. The van der Waals surface area contributed by atoms with Crippen LogP contribution in [-0.4, -0.2) is 43.9 Å². The normalized spacial score (nSPS) is 15.5. The Labute approximate surface area is 180 Å². The van der Waals surface area contributed by atoms with E-state index in [4.69, 9.17) is 11.6 Å².